The summed E-state index contributed by atoms with van der Waals surface area (Å²) < 4.78 is 2.53. The lowest BCUT2D eigenvalue weighted by molar-refractivity contribution is 0.703. The average Bonchev–Trinajstić information content (AvgIpc) is 3.12. The minimum Gasteiger partial charge on any atom is -0.280 e. The number of rotatable bonds is 5. The van der Waals surface area contributed by atoms with Crippen LogP contribution in [0.2, 0.25) is 0 Å². The van der Waals surface area contributed by atoms with Crippen molar-refractivity contribution in [2.75, 3.05) is 5.75 Å². The smallest absolute Gasteiger partial charge is 0.280 e. The van der Waals surface area contributed by atoms with Crippen LogP contribution in [0.25, 0.3) is 21.7 Å². The minimum atomic E-state index is -0.382. The van der Waals surface area contributed by atoms with E-state index in [1.54, 1.807) is 18.8 Å². The third-order valence-corrected chi connectivity index (χ3v) is 5.67. The van der Waals surface area contributed by atoms with Crippen LogP contribution < -0.4 is 11.2 Å². The molecule has 0 aromatic carbocycles. The first-order valence-corrected chi connectivity index (χ1v) is 9.55. The van der Waals surface area contributed by atoms with Crippen LogP contribution >= 0.6 is 23.1 Å². The third kappa shape index (κ3) is 2.91. The summed E-state index contributed by atoms with van der Waals surface area (Å²) in [5.41, 5.74) is -0.335. The summed E-state index contributed by atoms with van der Waals surface area (Å²) >= 11 is 3.08. The molecule has 0 atom stereocenters. The Bertz CT molecular complexity index is 990. The van der Waals surface area contributed by atoms with Crippen molar-refractivity contribution in [2.45, 2.75) is 24.8 Å². The van der Waals surface area contributed by atoms with Crippen LogP contribution in [0.5, 0.6) is 0 Å². The second-order valence-electron chi connectivity index (χ2n) is 5.44. The van der Waals surface area contributed by atoms with E-state index < -0.39 is 0 Å². The second-order valence-corrected chi connectivity index (χ2v) is 7.47. The van der Waals surface area contributed by atoms with E-state index in [0.29, 0.717) is 21.9 Å². The van der Waals surface area contributed by atoms with Gasteiger partial charge in [-0.25, -0.2) is 14.8 Å². The zero-order chi connectivity index (χ0) is 17.3. The normalized spacial score (nSPS) is 11.3. The van der Waals surface area contributed by atoms with Crippen molar-refractivity contribution in [3.63, 3.8) is 0 Å². The van der Waals surface area contributed by atoms with Gasteiger partial charge in [-0.3, -0.25) is 13.9 Å². The molecule has 0 aliphatic rings. The highest BCUT2D eigenvalue weighted by Gasteiger charge is 2.18. The molecule has 0 saturated carbocycles. The lowest BCUT2D eigenvalue weighted by Gasteiger charge is -2.11. The molecule has 6 nitrogen and oxygen atoms in total. The van der Waals surface area contributed by atoms with Crippen LogP contribution in [-0.2, 0) is 14.1 Å². The van der Waals surface area contributed by atoms with E-state index in [0.717, 1.165) is 28.0 Å². The molecule has 0 saturated heterocycles. The van der Waals surface area contributed by atoms with Crippen LogP contribution in [0, 0.1) is 0 Å². The van der Waals surface area contributed by atoms with Gasteiger partial charge >= 0.3 is 5.69 Å². The number of hydrogen-bond acceptors (Lipinski definition) is 6. The summed E-state index contributed by atoms with van der Waals surface area (Å²) in [5, 5.41) is 3.02. The van der Waals surface area contributed by atoms with Crippen molar-refractivity contribution in [3.05, 3.63) is 38.4 Å². The third-order valence-electron chi connectivity index (χ3n) is 3.75. The summed E-state index contributed by atoms with van der Waals surface area (Å²) in [7, 11) is 3.12. The molecule has 3 rings (SSSR count). The first kappa shape index (κ1) is 16.9. The highest BCUT2D eigenvalue weighted by atomic mass is 32.2. The highest BCUT2D eigenvalue weighted by Crippen LogP contribution is 2.28. The van der Waals surface area contributed by atoms with E-state index in [-0.39, 0.29) is 11.2 Å². The molecule has 0 fully saturated rings. The fourth-order valence-corrected chi connectivity index (χ4v) is 4.12. The van der Waals surface area contributed by atoms with Gasteiger partial charge in [0.15, 0.2) is 11.5 Å². The molecule has 0 spiro atoms. The van der Waals surface area contributed by atoms with Crippen molar-refractivity contribution in [2.24, 2.45) is 14.1 Å². The quantitative estimate of drug-likeness (QED) is 0.396. The summed E-state index contributed by atoms with van der Waals surface area (Å²) in [4.78, 5) is 34.9. The predicted octanol–water partition coefficient (Wildman–Crippen LogP) is 2.65. The average molecular weight is 362 g/mol. The number of thioether (sulfide) groups is 1. The SMILES string of the molecule is CCCCSc1nc(-c2cccs2)nc2c1c(=O)n(C)c(=O)n2C. The zero-order valence-corrected chi connectivity index (χ0v) is 15.4. The molecular formula is C16H18N4O2S2. The van der Waals surface area contributed by atoms with Gasteiger partial charge in [-0.15, -0.1) is 23.1 Å². The molecule has 0 aliphatic carbocycles. The number of aromatic nitrogens is 4. The van der Waals surface area contributed by atoms with Crippen LogP contribution in [-0.4, -0.2) is 24.9 Å². The van der Waals surface area contributed by atoms with Crippen LogP contribution in [0.15, 0.2) is 32.1 Å². The molecule has 0 N–H and O–H groups in total. The van der Waals surface area contributed by atoms with Gasteiger partial charge in [-0.1, -0.05) is 19.4 Å². The van der Waals surface area contributed by atoms with E-state index in [1.807, 2.05) is 17.5 Å². The lowest BCUT2D eigenvalue weighted by Crippen LogP contribution is -2.37. The molecule has 0 unspecified atom stereocenters. The van der Waals surface area contributed by atoms with E-state index in [4.69, 9.17) is 0 Å². The van der Waals surface area contributed by atoms with Crippen molar-refractivity contribution >= 4 is 34.1 Å². The molecule has 0 bridgehead atoms. The van der Waals surface area contributed by atoms with Crippen molar-refractivity contribution in [3.8, 4) is 10.7 Å². The highest BCUT2D eigenvalue weighted by molar-refractivity contribution is 7.99. The van der Waals surface area contributed by atoms with Gasteiger partial charge in [0, 0.05) is 14.1 Å². The number of hydrogen-bond donors (Lipinski definition) is 0. The molecular weight excluding hydrogens is 344 g/mol. The van der Waals surface area contributed by atoms with Crippen LogP contribution in [0.3, 0.4) is 0 Å². The molecule has 3 heterocycles. The van der Waals surface area contributed by atoms with Gasteiger partial charge < -0.3 is 0 Å². The Morgan fingerprint density at radius 1 is 1.21 bits per heavy atom. The largest absolute Gasteiger partial charge is 0.332 e. The maximum atomic E-state index is 12.6. The number of unbranched alkanes of at least 4 members (excludes halogenated alkanes) is 1. The van der Waals surface area contributed by atoms with Gasteiger partial charge in [0.05, 0.1) is 4.88 Å². The van der Waals surface area contributed by atoms with Gasteiger partial charge in [-0.05, 0) is 23.6 Å². The van der Waals surface area contributed by atoms with Gasteiger partial charge in [-0.2, -0.15) is 0 Å². The standard InChI is InChI=1S/C16H18N4O2S2/c1-4-5-8-24-14-11-13(19(2)16(22)20(3)15(11)21)17-12(18-14)10-7-6-9-23-10/h6-7,9H,4-5,8H2,1-3H3. The molecule has 126 valence electrons. The van der Waals surface area contributed by atoms with E-state index in [9.17, 15) is 9.59 Å². The number of thiophene rings is 1. The lowest BCUT2D eigenvalue weighted by atomic mass is 10.3. The maximum absolute atomic E-state index is 12.6. The van der Waals surface area contributed by atoms with E-state index >= 15 is 0 Å². The van der Waals surface area contributed by atoms with Crippen LogP contribution in [0.4, 0.5) is 0 Å². The summed E-state index contributed by atoms with van der Waals surface area (Å²) in [6.07, 6.45) is 2.11. The monoisotopic (exact) mass is 362 g/mol. The number of nitrogens with zero attached hydrogens (tertiary/aromatic N) is 4. The Balaban J connectivity index is 2.32. The summed E-state index contributed by atoms with van der Waals surface area (Å²) in [5.74, 6) is 1.43. The minimum absolute atomic E-state index is 0.343. The molecule has 3 aromatic rings. The Kier molecular flexibility index (Phi) is 4.86. The van der Waals surface area contributed by atoms with Crippen LogP contribution in [0.1, 0.15) is 19.8 Å². The summed E-state index contributed by atoms with van der Waals surface area (Å²) in [6.45, 7) is 2.12. The van der Waals surface area contributed by atoms with E-state index in [2.05, 4.69) is 16.9 Å². The van der Waals surface area contributed by atoms with Crippen molar-refractivity contribution in [1.82, 2.24) is 19.1 Å². The molecule has 8 heteroatoms. The fraction of sp³-hybridized carbons (Fsp3) is 0.375. The maximum Gasteiger partial charge on any atom is 0.332 e. The molecule has 3 aromatic heterocycles. The van der Waals surface area contributed by atoms with Gasteiger partial charge in [0.25, 0.3) is 5.56 Å². The predicted molar refractivity (Wildman–Crippen MR) is 99.0 cm³/mol. The topological polar surface area (TPSA) is 69.8 Å². The molecule has 24 heavy (non-hydrogen) atoms. The Morgan fingerprint density at radius 3 is 2.67 bits per heavy atom. The number of fused-ring (bicyclic) bond motifs is 1. The summed E-state index contributed by atoms with van der Waals surface area (Å²) in [6, 6.07) is 3.87. The van der Waals surface area contributed by atoms with Crippen molar-refractivity contribution < 1.29 is 0 Å². The van der Waals surface area contributed by atoms with E-state index in [1.165, 1.54) is 23.0 Å². The molecule has 0 radical (unpaired) electrons. The zero-order valence-electron chi connectivity index (χ0n) is 13.8. The molecule has 0 amide bonds. The second kappa shape index (κ2) is 6.90. The number of aryl methyl sites for hydroxylation is 1. The molecule has 0 aliphatic heterocycles. The van der Waals surface area contributed by atoms with Gasteiger partial charge in [0.2, 0.25) is 0 Å². The Labute approximate surface area is 147 Å². The van der Waals surface area contributed by atoms with Crippen molar-refractivity contribution in [1.29, 1.82) is 0 Å². The van der Waals surface area contributed by atoms with Gasteiger partial charge in [0.1, 0.15) is 10.4 Å². The fourth-order valence-electron chi connectivity index (χ4n) is 2.36. The Morgan fingerprint density at radius 2 is 2.00 bits per heavy atom. The Hall–Kier alpha value is -1.93. The first-order chi connectivity index (χ1) is 11.5. The first-order valence-electron chi connectivity index (χ1n) is 7.69.